The van der Waals surface area contributed by atoms with Gasteiger partial charge in [0.2, 0.25) is 5.95 Å². The van der Waals surface area contributed by atoms with E-state index in [1.807, 2.05) is 0 Å². The summed E-state index contributed by atoms with van der Waals surface area (Å²) in [4.78, 5) is 8.28. The number of anilines is 3. The zero-order valence-corrected chi connectivity index (χ0v) is 20.3. The number of nitrogens with zero attached hydrogens (tertiary/aromatic N) is 2. The SMILES string of the molecule is CC1(C)CC(Nc2nc(Nc3ccc(OC4CCOC4)c(OC(F)F)c3)ncc2F)CC(C)(C)N1. The lowest BCUT2D eigenvalue weighted by Crippen LogP contribution is -2.60. The average Bonchev–Trinajstić information content (AvgIpc) is 3.23. The average molecular weight is 496 g/mol. The molecule has 1 aromatic carbocycles. The Kier molecular flexibility index (Phi) is 7.27. The van der Waals surface area contributed by atoms with Crippen molar-refractivity contribution in [3.05, 3.63) is 30.2 Å². The van der Waals surface area contributed by atoms with Crippen LogP contribution in [0.4, 0.5) is 30.6 Å². The maximum absolute atomic E-state index is 14.5. The predicted molar refractivity (Wildman–Crippen MR) is 126 cm³/mol. The number of nitrogens with one attached hydrogen (secondary N) is 3. The van der Waals surface area contributed by atoms with E-state index in [1.165, 1.54) is 12.1 Å². The summed E-state index contributed by atoms with van der Waals surface area (Å²) in [5.41, 5.74) is 0.136. The molecule has 3 N–H and O–H groups in total. The van der Waals surface area contributed by atoms with E-state index in [1.54, 1.807) is 6.07 Å². The van der Waals surface area contributed by atoms with E-state index in [2.05, 4.69) is 58.4 Å². The number of piperidine rings is 1. The van der Waals surface area contributed by atoms with Gasteiger partial charge in [-0.05, 0) is 52.7 Å². The van der Waals surface area contributed by atoms with Crippen LogP contribution in [-0.4, -0.2) is 53.0 Å². The van der Waals surface area contributed by atoms with Gasteiger partial charge in [0, 0.05) is 35.3 Å². The van der Waals surface area contributed by atoms with Crippen molar-refractivity contribution in [2.45, 2.75) is 76.8 Å². The van der Waals surface area contributed by atoms with Crippen molar-refractivity contribution >= 4 is 17.5 Å². The molecule has 0 bridgehead atoms. The van der Waals surface area contributed by atoms with Crippen LogP contribution in [0.5, 0.6) is 11.5 Å². The molecular formula is C24H32F3N5O3. The fourth-order valence-corrected chi connectivity index (χ4v) is 4.93. The number of halogens is 3. The molecule has 4 rings (SSSR count). The van der Waals surface area contributed by atoms with Gasteiger partial charge in [-0.2, -0.15) is 13.8 Å². The third kappa shape index (κ3) is 6.88. The third-order valence-electron chi connectivity index (χ3n) is 5.87. The van der Waals surface area contributed by atoms with Crippen LogP contribution in [-0.2, 0) is 4.74 Å². The van der Waals surface area contributed by atoms with Gasteiger partial charge in [0.15, 0.2) is 23.1 Å². The zero-order chi connectivity index (χ0) is 25.2. The Morgan fingerprint density at radius 2 is 1.89 bits per heavy atom. The van der Waals surface area contributed by atoms with Gasteiger partial charge in [-0.1, -0.05) is 0 Å². The van der Waals surface area contributed by atoms with Gasteiger partial charge in [0.25, 0.3) is 0 Å². The Hall–Kier alpha value is -2.79. The molecule has 1 aromatic heterocycles. The van der Waals surface area contributed by atoms with Crippen LogP contribution in [0, 0.1) is 5.82 Å². The molecule has 0 saturated carbocycles. The minimum absolute atomic E-state index is 0.000503. The Morgan fingerprint density at radius 3 is 2.54 bits per heavy atom. The van der Waals surface area contributed by atoms with Gasteiger partial charge in [0.05, 0.1) is 19.4 Å². The molecule has 0 spiro atoms. The molecule has 2 aliphatic heterocycles. The largest absolute Gasteiger partial charge is 0.484 e. The smallest absolute Gasteiger partial charge is 0.387 e. The highest BCUT2D eigenvalue weighted by atomic mass is 19.3. The lowest BCUT2D eigenvalue weighted by atomic mass is 9.79. The second-order valence-electron chi connectivity index (χ2n) is 10.3. The highest BCUT2D eigenvalue weighted by Crippen LogP contribution is 2.35. The third-order valence-corrected chi connectivity index (χ3v) is 5.87. The highest BCUT2D eigenvalue weighted by Gasteiger charge is 2.38. The summed E-state index contributed by atoms with van der Waals surface area (Å²) < 4.78 is 56.2. The first-order valence-electron chi connectivity index (χ1n) is 11.7. The van der Waals surface area contributed by atoms with E-state index in [0.717, 1.165) is 19.0 Å². The van der Waals surface area contributed by atoms with Crippen molar-refractivity contribution in [2.24, 2.45) is 0 Å². The molecule has 192 valence electrons. The summed E-state index contributed by atoms with van der Waals surface area (Å²) in [6.07, 6.45) is 3.07. The minimum Gasteiger partial charge on any atom is -0.484 e. The quantitative estimate of drug-likeness (QED) is 0.479. The van der Waals surface area contributed by atoms with Crippen molar-refractivity contribution < 1.29 is 27.4 Å². The fourth-order valence-electron chi connectivity index (χ4n) is 4.93. The maximum atomic E-state index is 14.5. The first-order valence-corrected chi connectivity index (χ1v) is 11.7. The molecule has 2 saturated heterocycles. The van der Waals surface area contributed by atoms with Crippen LogP contribution in [0.2, 0.25) is 0 Å². The number of alkyl halides is 2. The van der Waals surface area contributed by atoms with E-state index in [4.69, 9.17) is 9.47 Å². The summed E-state index contributed by atoms with van der Waals surface area (Å²) in [5.74, 6) is -0.330. The number of aromatic nitrogens is 2. The standard InChI is InChI=1S/C24H32F3N5O3/c1-23(2)10-15(11-24(3,4)32-23)29-20-17(25)12-28-22(31-20)30-14-5-6-18(19(9-14)35-21(26)27)34-16-7-8-33-13-16/h5-6,9,12,15-16,21,32H,7-8,10-11,13H2,1-4H3,(H2,28,29,30,31). The van der Waals surface area contributed by atoms with Crippen LogP contribution in [0.3, 0.4) is 0 Å². The van der Waals surface area contributed by atoms with E-state index in [9.17, 15) is 13.2 Å². The zero-order valence-electron chi connectivity index (χ0n) is 20.3. The maximum Gasteiger partial charge on any atom is 0.387 e. The molecule has 1 unspecified atom stereocenters. The number of benzene rings is 1. The molecule has 2 fully saturated rings. The predicted octanol–water partition coefficient (Wildman–Crippen LogP) is 4.85. The molecule has 35 heavy (non-hydrogen) atoms. The first kappa shape index (κ1) is 25.3. The number of hydrogen-bond donors (Lipinski definition) is 3. The molecule has 0 aliphatic carbocycles. The molecule has 0 amide bonds. The van der Waals surface area contributed by atoms with Gasteiger partial charge in [0.1, 0.15) is 6.10 Å². The summed E-state index contributed by atoms with van der Waals surface area (Å²) in [6.45, 7) is 6.36. The molecule has 3 heterocycles. The van der Waals surface area contributed by atoms with Gasteiger partial charge in [-0.3, -0.25) is 0 Å². The Balaban J connectivity index is 1.50. The monoisotopic (exact) mass is 495 g/mol. The Labute approximate surface area is 203 Å². The highest BCUT2D eigenvalue weighted by molar-refractivity contribution is 5.60. The number of rotatable bonds is 8. The summed E-state index contributed by atoms with van der Waals surface area (Å²) in [6, 6.07) is 4.52. The van der Waals surface area contributed by atoms with E-state index in [0.29, 0.717) is 25.3 Å². The minimum atomic E-state index is -3.02. The van der Waals surface area contributed by atoms with Crippen molar-refractivity contribution in [1.29, 1.82) is 0 Å². The van der Waals surface area contributed by atoms with Crippen LogP contribution < -0.4 is 25.4 Å². The van der Waals surface area contributed by atoms with E-state index in [-0.39, 0.29) is 46.5 Å². The Morgan fingerprint density at radius 1 is 1.14 bits per heavy atom. The lowest BCUT2D eigenvalue weighted by molar-refractivity contribution is -0.0520. The molecule has 0 radical (unpaired) electrons. The molecule has 2 aromatic rings. The van der Waals surface area contributed by atoms with Crippen molar-refractivity contribution in [1.82, 2.24) is 15.3 Å². The van der Waals surface area contributed by atoms with Gasteiger partial charge >= 0.3 is 6.61 Å². The van der Waals surface area contributed by atoms with Crippen LogP contribution in [0.1, 0.15) is 47.0 Å². The van der Waals surface area contributed by atoms with E-state index >= 15 is 0 Å². The summed E-state index contributed by atoms with van der Waals surface area (Å²) >= 11 is 0. The molecule has 11 heteroatoms. The molecule has 1 atom stereocenters. The summed E-state index contributed by atoms with van der Waals surface area (Å²) in [7, 11) is 0. The number of ether oxygens (including phenoxy) is 3. The van der Waals surface area contributed by atoms with Crippen LogP contribution in [0.25, 0.3) is 0 Å². The first-order chi connectivity index (χ1) is 16.5. The van der Waals surface area contributed by atoms with Gasteiger partial charge in [-0.25, -0.2) is 9.37 Å². The number of hydrogen-bond acceptors (Lipinski definition) is 8. The van der Waals surface area contributed by atoms with Gasteiger partial charge < -0.3 is 30.2 Å². The van der Waals surface area contributed by atoms with Crippen molar-refractivity contribution in [2.75, 3.05) is 23.8 Å². The van der Waals surface area contributed by atoms with Crippen LogP contribution in [0.15, 0.2) is 24.4 Å². The van der Waals surface area contributed by atoms with Crippen LogP contribution >= 0.6 is 0 Å². The van der Waals surface area contributed by atoms with E-state index < -0.39 is 12.4 Å². The molecule has 8 nitrogen and oxygen atoms in total. The topological polar surface area (TPSA) is 89.6 Å². The lowest BCUT2D eigenvalue weighted by Gasteiger charge is -2.46. The van der Waals surface area contributed by atoms with Crippen molar-refractivity contribution in [3.63, 3.8) is 0 Å². The van der Waals surface area contributed by atoms with Gasteiger partial charge in [-0.15, -0.1) is 0 Å². The second-order valence-corrected chi connectivity index (χ2v) is 10.3. The molecular weight excluding hydrogens is 463 g/mol. The second kappa shape index (κ2) is 10.1. The Bertz CT molecular complexity index is 1020. The summed E-state index contributed by atoms with van der Waals surface area (Å²) in [5, 5.41) is 9.73. The fraction of sp³-hybridized carbons (Fsp3) is 0.583. The van der Waals surface area contributed by atoms with Crippen molar-refractivity contribution in [3.8, 4) is 11.5 Å². The normalized spacial score (nSPS) is 21.7. The molecule has 2 aliphatic rings.